The number of piperidine rings is 1. The van der Waals surface area contributed by atoms with Crippen LogP contribution in [0.25, 0.3) is 16.6 Å². The summed E-state index contributed by atoms with van der Waals surface area (Å²) in [6.07, 6.45) is 2.41. The van der Waals surface area contributed by atoms with Crippen molar-refractivity contribution >= 4 is 22.6 Å². The molecule has 1 aliphatic rings. The smallest absolute Gasteiger partial charge is 0.223 e. The first-order chi connectivity index (χ1) is 17.9. The maximum absolute atomic E-state index is 12.8. The number of nitrogens with one attached hydrogen (secondary N) is 1. The van der Waals surface area contributed by atoms with Gasteiger partial charge in [-0.25, -0.2) is 4.68 Å². The molecule has 8 nitrogen and oxygen atoms in total. The number of aryl methyl sites for hydroxylation is 3. The molecule has 2 aromatic carbocycles. The minimum absolute atomic E-state index is 0.0155. The fourth-order valence-electron chi connectivity index (χ4n) is 5.08. The van der Waals surface area contributed by atoms with Crippen LogP contribution in [0.15, 0.2) is 48.5 Å². The molecule has 1 aliphatic heterocycles. The number of amides is 1. The van der Waals surface area contributed by atoms with Gasteiger partial charge in [-0.05, 0) is 69.9 Å². The average Bonchev–Trinajstić information content (AvgIpc) is 3.28. The molecule has 1 amide bonds. The van der Waals surface area contributed by atoms with Gasteiger partial charge in [0.1, 0.15) is 11.3 Å². The quantitative estimate of drug-likeness (QED) is 0.408. The molecule has 0 atom stereocenters. The summed E-state index contributed by atoms with van der Waals surface area (Å²) >= 11 is 0. The van der Waals surface area contributed by atoms with E-state index in [4.69, 9.17) is 9.84 Å². The number of anilines is 1. The second-order valence-electron chi connectivity index (χ2n) is 9.82. The van der Waals surface area contributed by atoms with E-state index in [-0.39, 0.29) is 11.8 Å². The van der Waals surface area contributed by atoms with Crippen LogP contribution in [0.4, 0.5) is 5.82 Å². The molecule has 0 radical (unpaired) electrons. The molecule has 5 rings (SSSR count). The van der Waals surface area contributed by atoms with Gasteiger partial charge in [0.05, 0.1) is 29.6 Å². The van der Waals surface area contributed by atoms with Crippen molar-refractivity contribution in [3.05, 3.63) is 71.0 Å². The number of nitrogens with zero attached hydrogens (tertiary/aromatic N) is 5. The normalized spacial score (nSPS) is 14.2. The van der Waals surface area contributed by atoms with Gasteiger partial charge < -0.3 is 15.0 Å². The first-order valence-electron chi connectivity index (χ1n) is 12.9. The number of fused-ring (bicyclic) bond motifs is 1. The van der Waals surface area contributed by atoms with Gasteiger partial charge in [0.2, 0.25) is 5.91 Å². The number of hydrogen-bond donors (Lipinski definition) is 1. The molecule has 0 spiro atoms. The lowest BCUT2D eigenvalue weighted by Gasteiger charge is -2.32. The van der Waals surface area contributed by atoms with Gasteiger partial charge in [0.25, 0.3) is 0 Å². The molecule has 1 saturated heterocycles. The Kier molecular flexibility index (Phi) is 7.08. The zero-order valence-corrected chi connectivity index (χ0v) is 22.0. The van der Waals surface area contributed by atoms with E-state index in [1.165, 1.54) is 11.1 Å². The molecule has 0 aliphatic carbocycles. The van der Waals surface area contributed by atoms with Crippen molar-refractivity contribution < 1.29 is 9.53 Å². The van der Waals surface area contributed by atoms with Crippen LogP contribution in [0.2, 0.25) is 0 Å². The van der Waals surface area contributed by atoms with Gasteiger partial charge in [-0.2, -0.15) is 10.2 Å². The third kappa shape index (κ3) is 5.14. The van der Waals surface area contributed by atoms with Crippen LogP contribution in [0.3, 0.4) is 0 Å². The van der Waals surface area contributed by atoms with Crippen LogP contribution in [-0.4, -0.2) is 52.6 Å². The van der Waals surface area contributed by atoms with Crippen molar-refractivity contribution in [3.8, 4) is 11.4 Å². The topological polar surface area (TPSA) is 85.2 Å². The maximum atomic E-state index is 12.8. The minimum atomic E-state index is 0.0155. The lowest BCUT2D eigenvalue weighted by Crippen LogP contribution is -2.41. The summed E-state index contributed by atoms with van der Waals surface area (Å²) in [5, 5.41) is 18.1. The lowest BCUT2D eigenvalue weighted by atomic mass is 9.95. The van der Waals surface area contributed by atoms with Crippen molar-refractivity contribution in [2.45, 2.75) is 40.0 Å². The minimum Gasteiger partial charge on any atom is -0.497 e. The van der Waals surface area contributed by atoms with Gasteiger partial charge in [0, 0.05) is 25.6 Å². The summed E-state index contributed by atoms with van der Waals surface area (Å²) in [6, 6.07) is 16.3. The Balaban J connectivity index is 1.26. The number of ether oxygens (including phenoxy) is 1. The molecule has 2 aromatic heterocycles. The monoisotopic (exact) mass is 498 g/mol. The molecule has 8 heteroatoms. The third-order valence-corrected chi connectivity index (χ3v) is 7.30. The Hall–Kier alpha value is -3.94. The zero-order valence-electron chi connectivity index (χ0n) is 22.0. The molecular weight excluding hydrogens is 464 g/mol. The van der Waals surface area contributed by atoms with E-state index in [1.807, 2.05) is 35.9 Å². The largest absolute Gasteiger partial charge is 0.497 e. The Bertz CT molecular complexity index is 1390. The number of carbonyl (C=O) groups is 1. The Morgan fingerprint density at radius 3 is 2.38 bits per heavy atom. The van der Waals surface area contributed by atoms with Crippen LogP contribution in [0.1, 0.15) is 35.4 Å². The maximum Gasteiger partial charge on any atom is 0.223 e. The number of rotatable bonds is 7. The second-order valence-corrected chi connectivity index (χ2v) is 9.82. The average molecular weight is 499 g/mol. The Morgan fingerprint density at radius 2 is 1.70 bits per heavy atom. The third-order valence-electron chi connectivity index (χ3n) is 7.30. The van der Waals surface area contributed by atoms with Gasteiger partial charge in [-0.3, -0.25) is 4.79 Å². The highest BCUT2D eigenvalue weighted by Crippen LogP contribution is 2.31. The van der Waals surface area contributed by atoms with Crippen molar-refractivity contribution in [1.82, 2.24) is 25.3 Å². The van der Waals surface area contributed by atoms with E-state index < -0.39 is 0 Å². The highest BCUT2D eigenvalue weighted by molar-refractivity contribution is 5.92. The van der Waals surface area contributed by atoms with Crippen molar-refractivity contribution in [3.63, 3.8) is 0 Å². The number of carbonyl (C=O) groups excluding carboxylic acids is 1. The molecule has 1 fully saturated rings. The first-order valence-corrected chi connectivity index (χ1v) is 12.9. The van der Waals surface area contributed by atoms with Crippen LogP contribution >= 0.6 is 0 Å². The number of benzene rings is 2. The van der Waals surface area contributed by atoms with E-state index in [9.17, 15) is 4.79 Å². The lowest BCUT2D eigenvalue weighted by molar-refractivity contribution is -0.125. The SMILES string of the molecule is COc1ccc(-n2nc3c(N4CCC(C(=O)NCCc5ccc(C)cc5)CC4)nnc(C)c3c2C)cc1. The molecular formula is C29H34N6O2. The molecule has 0 unspecified atom stereocenters. The van der Waals surface area contributed by atoms with Gasteiger partial charge in [0.15, 0.2) is 5.82 Å². The van der Waals surface area contributed by atoms with E-state index >= 15 is 0 Å². The molecule has 0 bridgehead atoms. The molecule has 1 N–H and O–H groups in total. The summed E-state index contributed by atoms with van der Waals surface area (Å²) < 4.78 is 7.24. The molecule has 3 heterocycles. The first kappa shape index (κ1) is 24.7. The van der Waals surface area contributed by atoms with E-state index in [0.29, 0.717) is 6.54 Å². The van der Waals surface area contributed by atoms with E-state index in [2.05, 4.69) is 58.5 Å². The van der Waals surface area contributed by atoms with Gasteiger partial charge in [-0.15, -0.1) is 5.10 Å². The van der Waals surface area contributed by atoms with Crippen LogP contribution in [0.5, 0.6) is 5.75 Å². The standard InChI is InChI=1S/C29H34N6O2/c1-19-5-7-22(8-6-19)13-16-30-29(36)23-14-17-34(18-15-23)28-27-26(20(2)31-32-28)21(3)35(33-27)24-9-11-25(37-4)12-10-24/h5-12,23H,13-18H2,1-4H3,(H,30,36). The summed E-state index contributed by atoms with van der Waals surface area (Å²) in [5.41, 5.74) is 6.18. The molecule has 0 saturated carbocycles. The van der Waals surface area contributed by atoms with Crippen LogP contribution in [-0.2, 0) is 11.2 Å². The summed E-state index contributed by atoms with van der Waals surface area (Å²) in [5.74, 6) is 1.75. The van der Waals surface area contributed by atoms with Crippen LogP contribution in [0, 0.1) is 26.7 Å². The Labute approximate surface area is 217 Å². The van der Waals surface area contributed by atoms with Gasteiger partial charge >= 0.3 is 0 Å². The molecule has 192 valence electrons. The highest BCUT2D eigenvalue weighted by Gasteiger charge is 2.28. The fourth-order valence-corrected chi connectivity index (χ4v) is 5.08. The van der Waals surface area contributed by atoms with E-state index in [1.54, 1.807) is 7.11 Å². The van der Waals surface area contributed by atoms with Crippen molar-refractivity contribution in [2.75, 3.05) is 31.6 Å². The number of aromatic nitrogens is 4. The molecule has 4 aromatic rings. The van der Waals surface area contributed by atoms with Crippen LogP contribution < -0.4 is 15.0 Å². The fraction of sp³-hybridized carbons (Fsp3) is 0.379. The van der Waals surface area contributed by atoms with E-state index in [0.717, 1.165) is 71.9 Å². The predicted octanol–water partition coefficient (Wildman–Crippen LogP) is 4.32. The van der Waals surface area contributed by atoms with Crippen molar-refractivity contribution in [1.29, 1.82) is 0 Å². The van der Waals surface area contributed by atoms with Crippen molar-refractivity contribution in [2.24, 2.45) is 5.92 Å². The summed E-state index contributed by atoms with van der Waals surface area (Å²) in [6.45, 7) is 8.27. The highest BCUT2D eigenvalue weighted by atomic mass is 16.5. The second kappa shape index (κ2) is 10.6. The number of hydrogen-bond acceptors (Lipinski definition) is 6. The van der Waals surface area contributed by atoms with Gasteiger partial charge in [-0.1, -0.05) is 29.8 Å². The number of methoxy groups -OCH3 is 1. The zero-order chi connectivity index (χ0) is 25.9. The summed E-state index contributed by atoms with van der Waals surface area (Å²) in [4.78, 5) is 15.0. The summed E-state index contributed by atoms with van der Waals surface area (Å²) in [7, 11) is 1.66. The predicted molar refractivity (Wildman–Crippen MR) is 146 cm³/mol. The Morgan fingerprint density at radius 1 is 1.00 bits per heavy atom. The molecule has 37 heavy (non-hydrogen) atoms.